The summed E-state index contributed by atoms with van der Waals surface area (Å²) in [5.74, 6) is 0.0900. The van der Waals surface area contributed by atoms with Gasteiger partial charge in [0.25, 0.3) is 5.69 Å². The molecule has 2 aromatic carbocycles. The first-order valence-corrected chi connectivity index (χ1v) is 11.2. The second-order valence-corrected chi connectivity index (χ2v) is 8.55. The second-order valence-electron chi connectivity index (χ2n) is 6.64. The number of sulfonamides is 1. The molecule has 2 rings (SSSR count). The van der Waals surface area contributed by atoms with E-state index in [1.807, 2.05) is 6.92 Å². The molecule has 30 heavy (non-hydrogen) atoms. The van der Waals surface area contributed by atoms with Gasteiger partial charge in [-0.3, -0.25) is 19.2 Å². The van der Waals surface area contributed by atoms with Crippen molar-refractivity contribution in [2.75, 3.05) is 29.0 Å². The highest BCUT2D eigenvalue weighted by Crippen LogP contribution is 2.30. The average Bonchev–Trinajstić information content (AvgIpc) is 2.67. The molecular weight excluding hydrogens is 410 g/mol. The fraction of sp³-hybridized carbons (Fsp3) is 0.350. The largest absolute Gasteiger partial charge is 0.492 e. The number of benzene rings is 2. The lowest BCUT2D eigenvalue weighted by molar-refractivity contribution is -0.384. The van der Waals surface area contributed by atoms with Crippen LogP contribution in [0.15, 0.2) is 42.5 Å². The number of aryl methyl sites for hydroxylation is 1. The molecule has 0 unspecified atom stereocenters. The molecule has 0 aliphatic heterocycles. The fourth-order valence-corrected chi connectivity index (χ4v) is 3.83. The number of nitrogens with one attached hydrogen (secondary N) is 1. The monoisotopic (exact) mass is 435 g/mol. The van der Waals surface area contributed by atoms with Gasteiger partial charge in [-0.15, -0.1) is 0 Å². The summed E-state index contributed by atoms with van der Waals surface area (Å²) in [6.07, 6.45) is 1.40. The summed E-state index contributed by atoms with van der Waals surface area (Å²) in [4.78, 5) is 22.7. The van der Waals surface area contributed by atoms with E-state index < -0.39 is 14.9 Å². The van der Waals surface area contributed by atoms with Crippen LogP contribution in [0.1, 0.15) is 25.3 Å². The zero-order valence-corrected chi connectivity index (χ0v) is 17.9. The number of hydrogen-bond donors (Lipinski definition) is 1. The number of hydrogen-bond acceptors (Lipinski definition) is 6. The van der Waals surface area contributed by atoms with E-state index >= 15 is 0 Å². The van der Waals surface area contributed by atoms with Gasteiger partial charge in [0.2, 0.25) is 15.9 Å². The SMILES string of the molecule is CCOc1ccccc1N(CCCC(=O)Nc1cc([N+](=O)[O-])ccc1C)S(C)(=O)=O. The van der Waals surface area contributed by atoms with E-state index in [0.29, 0.717) is 29.3 Å². The third-order valence-corrected chi connectivity index (χ3v) is 5.49. The van der Waals surface area contributed by atoms with Gasteiger partial charge in [0.05, 0.1) is 29.2 Å². The Hall–Kier alpha value is -3.14. The van der Waals surface area contributed by atoms with E-state index in [9.17, 15) is 23.3 Å². The molecule has 0 saturated heterocycles. The third kappa shape index (κ3) is 6.18. The summed E-state index contributed by atoms with van der Waals surface area (Å²) in [5.41, 5.74) is 1.34. The summed E-state index contributed by atoms with van der Waals surface area (Å²) in [6.45, 7) is 4.01. The molecule has 0 atom stereocenters. The van der Waals surface area contributed by atoms with Crippen LogP contribution in [0.5, 0.6) is 5.75 Å². The van der Waals surface area contributed by atoms with Crippen LogP contribution in [-0.4, -0.2) is 38.7 Å². The number of carbonyl (C=O) groups excluding carboxylic acids is 1. The number of para-hydroxylation sites is 2. The smallest absolute Gasteiger partial charge is 0.271 e. The van der Waals surface area contributed by atoms with Gasteiger partial charge in [0, 0.05) is 25.1 Å². The molecule has 9 nitrogen and oxygen atoms in total. The summed E-state index contributed by atoms with van der Waals surface area (Å²) < 4.78 is 31.3. The minimum Gasteiger partial charge on any atom is -0.492 e. The van der Waals surface area contributed by atoms with Crippen molar-refractivity contribution in [3.63, 3.8) is 0 Å². The van der Waals surface area contributed by atoms with Crippen LogP contribution in [0.4, 0.5) is 17.1 Å². The molecule has 0 radical (unpaired) electrons. The maximum atomic E-state index is 12.3. The minimum absolute atomic E-state index is 0.0466. The van der Waals surface area contributed by atoms with Gasteiger partial charge in [-0.05, 0) is 38.0 Å². The van der Waals surface area contributed by atoms with E-state index in [2.05, 4.69) is 5.32 Å². The minimum atomic E-state index is -3.59. The van der Waals surface area contributed by atoms with Crippen molar-refractivity contribution in [1.82, 2.24) is 0 Å². The molecule has 0 aliphatic carbocycles. The Labute approximate surface area is 175 Å². The van der Waals surface area contributed by atoms with Gasteiger partial charge < -0.3 is 10.1 Å². The Morgan fingerprint density at radius 1 is 1.23 bits per heavy atom. The Morgan fingerprint density at radius 2 is 1.93 bits per heavy atom. The second kappa shape index (κ2) is 10.1. The van der Waals surface area contributed by atoms with E-state index in [1.165, 1.54) is 16.4 Å². The lowest BCUT2D eigenvalue weighted by atomic mass is 10.1. The highest BCUT2D eigenvalue weighted by molar-refractivity contribution is 7.92. The quantitative estimate of drug-likeness (QED) is 0.451. The highest BCUT2D eigenvalue weighted by atomic mass is 32.2. The van der Waals surface area contributed by atoms with Crippen molar-refractivity contribution in [1.29, 1.82) is 0 Å². The van der Waals surface area contributed by atoms with Crippen LogP contribution < -0.4 is 14.4 Å². The summed E-state index contributed by atoms with van der Waals surface area (Å²) in [5, 5.41) is 13.6. The maximum absolute atomic E-state index is 12.3. The lowest BCUT2D eigenvalue weighted by Crippen LogP contribution is -2.32. The number of rotatable bonds is 10. The summed E-state index contributed by atoms with van der Waals surface area (Å²) in [6, 6.07) is 11.0. The van der Waals surface area contributed by atoms with Crippen molar-refractivity contribution in [3.8, 4) is 5.75 Å². The third-order valence-electron chi connectivity index (χ3n) is 4.31. The topological polar surface area (TPSA) is 119 Å². The maximum Gasteiger partial charge on any atom is 0.271 e. The summed E-state index contributed by atoms with van der Waals surface area (Å²) >= 11 is 0. The van der Waals surface area contributed by atoms with Gasteiger partial charge in [-0.25, -0.2) is 8.42 Å². The Balaban J connectivity index is 2.07. The zero-order chi connectivity index (χ0) is 22.3. The molecule has 0 bridgehead atoms. The zero-order valence-electron chi connectivity index (χ0n) is 17.1. The van der Waals surface area contributed by atoms with Crippen LogP contribution in [-0.2, 0) is 14.8 Å². The first-order chi connectivity index (χ1) is 14.1. The molecule has 1 N–H and O–H groups in total. The van der Waals surface area contributed by atoms with Gasteiger partial charge >= 0.3 is 0 Å². The molecule has 0 aliphatic rings. The average molecular weight is 436 g/mol. The predicted molar refractivity (Wildman–Crippen MR) is 115 cm³/mol. The lowest BCUT2D eigenvalue weighted by Gasteiger charge is -2.24. The number of nitro benzene ring substituents is 1. The highest BCUT2D eigenvalue weighted by Gasteiger charge is 2.21. The number of nitrogens with zero attached hydrogens (tertiary/aromatic N) is 2. The Morgan fingerprint density at radius 3 is 2.57 bits per heavy atom. The van der Waals surface area contributed by atoms with Gasteiger partial charge in [-0.2, -0.15) is 0 Å². The van der Waals surface area contributed by atoms with Crippen LogP contribution in [0, 0.1) is 17.0 Å². The number of anilines is 2. The molecule has 0 spiro atoms. The van der Waals surface area contributed by atoms with E-state index in [-0.39, 0.29) is 31.0 Å². The van der Waals surface area contributed by atoms with Gasteiger partial charge in [0.1, 0.15) is 5.75 Å². The number of ether oxygens (including phenoxy) is 1. The van der Waals surface area contributed by atoms with Gasteiger partial charge in [0.15, 0.2) is 0 Å². The van der Waals surface area contributed by atoms with Crippen molar-refractivity contribution in [3.05, 3.63) is 58.1 Å². The Kier molecular flexibility index (Phi) is 7.76. The molecular formula is C20H25N3O6S. The number of amides is 1. The normalized spacial score (nSPS) is 11.0. The summed E-state index contributed by atoms with van der Waals surface area (Å²) in [7, 11) is -3.59. The molecule has 0 heterocycles. The first kappa shape index (κ1) is 23.1. The molecule has 162 valence electrons. The first-order valence-electron chi connectivity index (χ1n) is 9.38. The van der Waals surface area contributed by atoms with Crippen LogP contribution in [0.2, 0.25) is 0 Å². The number of carbonyl (C=O) groups is 1. The van der Waals surface area contributed by atoms with Crippen LogP contribution in [0.3, 0.4) is 0 Å². The number of nitro groups is 1. The van der Waals surface area contributed by atoms with E-state index in [4.69, 9.17) is 4.74 Å². The van der Waals surface area contributed by atoms with Crippen LogP contribution in [0.25, 0.3) is 0 Å². The molecule has 0 fully saturated rings. The molecule has 2 aromatic rings. The molecule has 0 saturated carbocycles. The predicted octanol–water partition coefficient (Wildman–Crippen LogP) is 3.49. The molecule has 0 aromatic heterocycles. The molecule has 1 amide bonds. The van der Waals surface area contributed by atoms with Crippen molar-refractivity contribution in [2.24, 2.45) is 0 Å². The number of non-ortho nitro benzene ring substituents is 1. The molecule has 10 heteroatoms. The van der Waals surface area contributed by atoms with E-state index in [0.717, 1.165) is 6.26 Å². The van der Waals surface area contributed by atoms with Crippen molar-refractivity contribution in [2.45, 2.75) is 26.7 Å². The Bertz CT molecular complexity index is 1020. The van der Waals surface area contributed by atoms with Gasteiger partial charge in [-0.1, -0.05) is 18.2 Å². The van der Waals surface area contributed by atoms with E-state index in [1.54, 1.807) is 37.3 Å². The van der Waals surface area contributed by atoms with Crippen molar-refractivity contribution < 1.29 is 22.9 Å². The fourth-order valence-electron chi connectivity index (χ4n) is 2.86. The van der Waals surface area contributed by atoms with Crippen molar-refractivity contribution >= 4 is 33.0 Å². The van der Waals surface area contributed by atoms with Crippen LogP contribution >= 0.6 is 0 Å². The standard InChI is InChI=1S/C20H25N3O6S/c1-4-29-19-9-6-5-8-18(19)22(30(3,27)28)13-7-10-20(24)21-17-14-16(23(25)26)12-11-15(17)2/h5-6,8-9,11-12,14H,4,7,10,13H2,1-3H3,(H,21,24).